The van der Waals surface area contributed by atoms with Crippen LogP contribution >= 0.6 is 43.6 Å². The Morgan fingerprint density at radius 3 is 1.58 bits per heavy atom. The van der Waals surface area contributed by atoms with Crippen molar-refractivity contribution in [1.82, 2.24) is 4.57 Å². The normalized spacial score (nSPS) is 17.0. The topological polar surface area (TPSA) is 3.24 Å². The molecule has 0 fully saturated rings. The van der Waals surface area contributed by atoms with Gasteiger partial charge in [-0.15, -0.1) is 0 Å². The van der Waals surface area contributed by atoms with Crippen LogP contribution in [0.25, 0.3) is 0 Å². The van der Waals surface area contributed by atoms with Gasteiger partial charge in [-0.3, -0.25) is 0 Å². The fourth-order valence-electron chi connectivity index (χ4n) is 1.24. The first-order chi connectivity index (χ1) is 5.54. The molecule has 2 unspecified atom stereocenters. The molecule has 2 atom stereocenters. The highest BCUT2D eigenvalue weighted by atomic mass is 127. The highest BCUT2D eigenvalue weighted by Crippen LogP contribution is 2.20. The molecule has 0 aromatic carbocycles. The molecule has 0 bridgehead atoms. The first-order valence-corrected chi connectivity index (χ1v) is 13.5. The number of nitrogens with zero attached hydrogens (tertiary/aromatic N) is 1. The van der Waals surface area contributed by atoms with E-state index in [0.29, 0.717) is 0 Å². The second-order valence-electron chi connectivity index (χ2n) is 3.24. The molecule has 0 rings (SSSR count). The van der Waals surface area contributed by atoms with Gasteiger partial charge in [-0.1, -0.05) is 71.3 Å². The molecule has 0 saturated carbocycles. The van der Waals surface area contributed by atoms with Crippen LogP contribution < -0.4 is 0 Å². The largest absolute Gasteiger partial charge is 0.306 e. The van der Waals surface area contributed by atoms with Crippen LogP contribution in [0.3, 0.4) is 0 Å². The summed E-state index contributed by atoms with van der Waals surface area (Å²) >= 11 is 5.27. The van der Waals surface area contributed by atoms with E-state index in [-0.39, 0.29) is 0 Å². The smallest absolute Gasteiger partial charge is 0.248 e. The van der Waals surface area contributed by atoms with Crippen LogP contribution in [0, 0.1) is 0 Å². The molecule has 4 heteroatoms. The Bertz CT molecular complexity index is 112. The van der Waals surface area contributed by atoms with Crippen LogP contribution in [0.1, 0.15) is 40.5 Å². The van der Waals surface area contributed by atoms with Gasteiger partial charge in [0.15, 0.2) is 0 Å². The Morgan fingerprint density at radius 2 is 1.42 bits per heavy atom. The van der Waals surface area contributed by atoms with Crippen LogP contribution in [0.5, 0.6) is 0 Å². The zero-order valence-electron chi connectivity index (χ0n) is 8.35. The molecule has 74 valence electrons. The molecular weight excluding hydrogens is 392 g/mol. The predicted molar refractivity (Wildman–Crippen MR) is 76.5 cm³/mol. The molecule has 0 amide bonds. The van der Waals surface area contributed by atoms with Crippen LogP contribution in [0.4, 0.5) is 0 Å². The highest BCUT2D eigenvalue weighted by Gasteiger charge is 2.23. The Kier molecular flexibility index (Phi) is 7.95. The maximum atomic E-state index is 2.72. The van der Waals surface area contributed by atoms with Crippen LogP contribution in [0.2, 0.25) is 0 Å². The lowest BCUT2D eigenvalue weighted by Gasteiger charge is -2.34. The van der Waals surface area contributed by atoms with Gasteiger partial charge in [0.2, 0.25) is 3.95 Å². The number of hydrogen-bond donors (Lipinski definition) is 0. The van der Waals surface area contributed by atoms with Gasteiger partial charge in [0, 0.05) is 12.1 Å². The van der Waals surface area contributed by atoms with Gasteiger partial charge >= 0.3 is 0 Å². The van der Waals surface area contributed by atoms with E-state index in [1.165, 1.54) is 12.8 Å². The van der Waals surface area contributed by atoms with E-state index < -0.39 is 3.95 Å². The lowest BCUT2D eigenvalue weighted by Crippen LogP contribution is -2.44. The zero-order valence-corrected chi connectivity index (χ0v) is 13.8. The summed E-state index contributed by atoms with van der Waals surface area (Å²) in [5, 5.41) is 0. The van der Waals surface area contributed by atoms with Gasteiger partial charge < -0.3 is 4.57 Å². The van der Waals surface area contributed by atoms with Gasteiger partial charge in [-0.25, -0.2) is 0 Å². The summed E-state index contributed by atoms with van der Waals surface area (Å²) in [7, 11) is 0. The minimum absolute atomic E-state index is 0.663. The Balaban J connectivity index is 4.21. The van der Waals surface area contributed by atoms with Crippen molar-refractivity contribution in [3.63, 3.8) is 0 Å². The maximum absolute atomic E-state index is 2.72. The van der Waals surface area contributed by atoms with Gasteiger partial charge in [-0.2, -0.15) is 0 Å². The third kappa shape index (κ3) is 4.23. The molecule has 0 N–H and O–H groups in total. The zero-order chi connectivity index (χ0) is 9.72. The van der Waals surface area contributed by atoms with Crippen molar-refractivity contribution in [2.45, 2.75) is 52.6 Å². The molecule has 0 spiro atoms. The Labute approximate surface area is 104 Å². The summed E-state index contributed by atoms with van der Waals surface area (Å²) < 4.78 is 2.06. The first kappa shape index (κ1) is 13.6. The fourth-order valence-corrected chi connectivity index (χ4v) is 9.02. The van der Waals surface area contributed by atoms with E-state index in [2.05, 4.69) is 75.9 Å². The maximum Gasteiger partial charge on any atom is 0.248 e. The summed E-state index contributed by atoms with van der Waals surface area (Å²) in [5.74, 6) is 0. The summed E-state index contributed by atoms with van der Waals surface area (Å²) in [6.07, 6.45) is 2.56. The quantitative estimate of drug-likeness (QED) is 0.381. The van der Waals surface area contributed by atoms with Crippen molar-refractivity contribution < 1.29 is 0 Å². The van der Waals surface area contributed by atoms with E-state index in [9.17, 15) is 0 Å². The monoisotopic (exact) mass is 411 g/mol. The van der Waals surface area contributed by atoms with Crippen molar-refractivity contribution in [2.75, 3.05) is 0 Å². The van der Waals surface area contributed by atoms with Gasteiger partial charge in [0.1, 0.15) is 0 Å². The molecule has 0 aliphatic rings. The molecule has 0 aliphatic heterocycles. The second-order valence-corrected chi connectivity index (χ2v) is 18.6. The van der Waals surface area contributed by atoms with E-state index in [4.69, 9.17) is 0 Å². The van der Waals surface area contributed by atoms with Crippen molar-refractivity contribution >= 4 is 47.5 Å². The first-order valence-electron chi connectivity index (χ1n) is 4.60. The van der Waals surface area contributed by atoms with Crippen LogP contribution in [-0.4, -0.2) is 20.6 Å². The molecule has 12 heavy (non-hydrogen) atoms. The Hall–Kier alpha value is 1.64. The van der Waals surface area contributed by atoms with Gasteiger partial charge in [0.25, 0.3) is 0 Å². The molecule has 0 aromatic heterocycles. The molecule has 0 saturated heterocycles. The SMILES string of the molecule is CCC(C)N(C(C)CC)[SiH](I)I. The minimum Gasteiger partial charge on any atom is -0.306 e. The molecule has 0 aromatic rings. The lowest BCUT2D eigenvalue weighted by atomic mass is 10.2. The summed E-state index contributed by atoms with van der Waals surface area (Å²) in [6, 6.07) is 1.54. The van der Waals surface area contributed by atoms with E-state index >= 15 is 0 Å². The second kappa shape index (κ2) is 7.00. The molecule has 0 radical (unpaired) electrons. The number of halogens is 2. The molecule has 1 nitrogen and oxygen atoms in total. The standard InChI is InChI=1S/C8H19I2NSi/c1-5-7(3)11(12(9)10)8(4)6-2/h7-8,12H,5-6H2,1-4H3. The Morgan fingerprint density at radius 1 is 1.08 bits per heavy atom. The van der Waals surface area contributed by atoms with E-state index in [1.807, 2.05) is 0 Å². The van der Waals surface area contributed by atoms with Gasteiger partial charge in [-0.05, 0) is 12.8 Å². The summed E-state index contributed by atoms with van der Waals surface area (Å²) in [4.78, 5) is 0. The van der Waals surface area contributed by atoms with Crippen molar-refractivity contribution in [1.29, 1.82) is 0 Å². The molecule has 0 aliphatic carbocycles. The summed E-state index contributed by atoms with van der Waals surface area (Å²) in [5.41, 5.74) is 0. The van der Waals surface area contributed by atoms with Crippen molar-refractivity contribution in [3.05, 3.63) is 0 Å². The lowest BCUT2D eigenvalue weighted by molar-refractivity contribution is 0.273. The van der Waals surface area contributed by atoms with Crippen LogP contribution in [-0.2, 0) is 0 Å². The number of rotatable bonds is 5. The minimum atomic E-state index is -0.663. The third-order valence-electron chi connectivity index (χ3n) is 2.42. The molecule has 0 heterocycles. The average molecular weight is 411 g/mol. The van der Waals surface area contributed by atoms with Crippen molar-refractivity contribution in [2.24, 2.45) is 0 Å². The number of hydrogen-bond acceptors (Lipinski definition) is 1. The fraction of sp³-hybridized carbons (Fsp3) is 1.00. The third-order valence-corrected chi connectivity index (χ3v) is 7.75. The average Bonchev–Trinajstić information content (AvgIpc) is 2.03. The predicted octanol–water partition coefficient (Wildman–Crippen LogP) is 3.47. The van der Waals surface area contributed by atoms with E-state index in [1.54, 1.807) is 0 Å². The van der Waals surface area contributed by atoms with Crippen LogP contribution in [0.15, 0.2) is 0 Å². The van der Waals surface area contributed by atoms with Crippen molar-refractivity contribution in [3.8, 4) is 0 Å². The summed E-state index contributed by atoms with van der Waals surface area (Å²) in [6.45, 7) is 9.27. The van der Waals surface area contributed by atoms with Gasteiger partial charge in [0.05, 0.1) is 0 Å². The highest BCUT2D eigenvalue weighted by molar-refractivity contribution is 14.3. The van der Waals surface area contributed by atoms with E-state index in [0.717, 1.165) is 12.1 Å². The molecular formula is C8H19I2NSi.